The Morgan fingerprint density at radius 2 is 1.53 bits per heavy atom. The van der Waals surface area contributed by atoms with Crippen molar-refractivity contribution < 1.29 is 0 Å². The van der Waals surface area contributed by atoms with Gasteiger partial charge in [0, 0.05) is 45.6 Å². The summed E-state index contributed by atoms with van der Waals surface area (Å²) in [7, 11) is 3.68. The second kappa shape index (κ2) is 5.07. The first-order chi connectivity index (χ1) is 9.34. The molecule has 3 rings (SSSR count). The second-order valence-corrected chi connectivity index (χ2v) is 4.63. The van der Waals surface area contributed by atoms with E-state index in [0.717, 1.165) is 22.7 Å². The van der Waals surface area contributed by atoms with Crippen LogP contribution in [0.3, 0.4) is 0 Å². The van der Waals surface area contributed by atoms with Crippen LogP contribution in [0.5, 0.6) is 0 Å². The summed E-state index contributed by atoms with van der Waals surface area (Å²) in [5.41, 5.74) is 3.83. The van der Waals surface area contributed by atoms with Gasteiger partial charge in [0.1, 0.15) is 0 Å². The van der Waals surface area contributed by atoms with Crippen molar-refractivity contribution >= 4 is 15.8 Å². The van der Waals surface area contributed by atoms with Gasteiger partial charge in [0.2, 0.25) is 0 Å². The molecule has 0 saturated carbocycles. The molecule has 3 N–H and O–H groups in total. The number of aromatic nitrogens is 6. The fourth-order valence-electron chi connectivity index (χ4n) is 1.83. The average Bonchev–Trinajstić information content (AvgIpc) is 3.17. The summed E-state index contributed by atoms with van der Waals surface area (Å²) in [5.74, 6) is 0. The lowest BCUT2D eigenvalue weighted by atomic mass is 10.1. The molecule has 3 aromatic rings. The SMILES string of the molecule is [Si]C(C=C(c1ccn[nH]1)c1ccn[nH]1)c1ccn[nH]1. The summed E-state index contributed by atoms with van der Waals surface area (Å²) >= 11 is 0. The Balaban J connectivity index is 2.00. The number of nitrogens with zero attached hydrogens (tertiary/aromatic N) is 3. The van der Waals surface area contributed by atoms with E-state index < -0.39 is 0 Å². The minimum Gasteiger partial charge on any atom is -0.282 e. The Hall–Kier alpha value is -2.41. The normalized spacial score (nSPS) is 12.3. The zero-order valence-corrected chi connectivity index (χ0v) is 11.0. The van der Waals surface area contributed by atoms with E-state index in [9.17, 15) is 0 Å². The Labute approximate surface area is 112 Å². The molecule has 7 heteroatoms. The smallest absolute Gasteiger partial charge is 0.0668 e. The van der Waals surface area contributed by atoms with Gasteiger partial charge in [0.15, 0.2) is 0 Å². The molecule has 0 saturated heterocycles. The minimum absolute atomic E-state index is 0.0177. The van der Waals surface area contributed by atoms with E-state index in [-0.39, 0.29) is 5.54 Å². The highest BCUT2D eigenvalue weighted by Gasteiger charge is 2.11. The third-order valence-corrected chi connectivity index (χ3v) is 3.25. The molecule has 6 nitrogen and oxygen atoms in total. The molecule has 1 unspecified atom stereocenters. The number of H-pyrrole nitrogens is 3. The molecule has 19 heavy (non-hydrogen) atoms. The zero-order chi connectivity index (χ0) is 13.1. The Morgan fingerprint density at radius 1 is 0.947 bits per heavy atom. The molecular weight excluding hydrogens is 256 g/mol. The van der Waals surface area contributed by atoms with Crippen molar-refractivity contribution in [3.05, 3.63) is 59.9 Å². The maximum absolute atomic E-state index is 3.99. The first kappa shape index (κ1) is 11.7. The van der Waals surface area contributed by atoms with E-state index in [1.165, 1.54) is 0 Å². The van der Waals surface area contributed by atoms with Crippen LogP contribution in [-0.4, -0.2) is 40.8 Å². The van der Waals surface area contributed by atoms with Crippen LogP contribution >= 0.6 is 0 Å². The van der Waals surface area contributed by atoms with Crippen molar-refractivity contribution in [1.29, 1.82) is 0 Å². The lowest BCUT2D eigenvalue weighted by Gasteiger charge is -2.07. The van der Waals surface area contributed by atoms with Crippen LogP contribution in [-0.2, 0) is 0 Å². The molecule has 1 atom stereocenters. The molecule has 0 aromatic carbocycles. The minimum atomic E-state index is 0.0177. The van der Waals surface area contributed by atoms with E-state index >= 15 is 0 Å². The Kier molecular flexibility index (Phi) is 3.11. The Bertz CT molecular complexity index is 602. The molecule has 3 radical (unpaired) electrons. The standard InChI is InChI=1S/C12H11N6Si/c19-12(11-3-6-15-18-11)7-8(9-1-4-13-16-9)10-2-5-14-17-10/h1-7,12H,(H,13,16)(H,14,17)(H,15,18). The van der Waals surface area contributed by atoms with Gasteiger partial charge < -0.3 is 0 Å². The molecular formula is C12H11N6Si. The maximum atomic E-state index is 3.99. The number of rotatable bonds is 4. The van der Waals surface area contributed by atoms with Gasteiger partial charge in [-0.05, 0) is 18.2 Å². The van der Waals surface area contributed by atoms with E-state index in [0.29, 0.717) is 0 Å². The van der Waals surface area contributed by atoms with Crippen molar-refractivity contribution in [3.63, 3.8) is 0 Å². The summed E-state index contributed by atoms with van der Waals surface area (Å²) in [4.78, 5) is 0. The fraction of sp³-hybridized carbons (Fsp3) is 0.0833. The molecule has 0 amide bonds. The van der Waals surface area contributed by atoms with Crippen molar-refractivity contribution in [1.82, 2.24) is 30.6 Å². The Morgan fingerprint density at radius 3 is 2.00 bits per heavy atom. The largest absolute Gasteiger partial charge is 0.282 e. The van der Waals surface area contributed by atoms with Gasteiger partial charge in [0.25, 0.3) is 0 Å². The predicted octanol–water partition coefficient (Wildman–Crippen LogP) is 1.20. The van der Waals surface area contributed by atoms with Gasteiger partial charge in [-0.3, -0.25) is 15.3 Å². The number of hydrogen-bond acceptors (Lipinski definition) is 3. The number of aromatic amines is 3. The maximum Gasteiger partial charge on any atom is 0.0668 e. The van der Waals surface area contributed by atoms with Gasteiger partial charge >= 0.3 is 0 Å². The number of allylic oxidation sites excluding steroid dienone is 1. The van der Waals surface area contributed by atoms with Crippen LogP contribution in [0.2, 0.25) is 0 Å². The van der Waals surface area contributed by atoms with Crippen molar-refractivity contribution in [3.8, 4) is 0 Å². The molecule has 0 spiro atoms. The summed E-state index contributed by atoms with van der Waals surface area (Å²) in [6.45, 7) is 0. The van der Waals surface area contributed by atoms with Crippen LogP contribution in [0.25, 0.3) is 5.57 Å². The predicted molar refractivity (Wildman–Crippen MR) is 71.3 cm³/mol. The second-order valence-electron chi connectivity index (χ2n) is 4.01. The molecule has 0 aliphatic heterocycles. The fourth-order valence-corrected chi connectivity index (χ4v) is 2.16. The topological polar surface area (TPSA) is 86.0 Å². The number of nitrogens with one attached hydrogen (secondary N) is 3. The van der Waals surface area contributed by atoms with Crippen LogP contribution in [0.4, 0.5) is 0 Å². The third-order valence-electron chi connectivity index (χ3n) is 2.77. The highest BCUT2D eigenvalue weighted by molar-refractivity contribution is 6.14. The van der Waals surface area contributed by atoms with Crippen molar-refractivity contribution in [2.24, 2.45) is 0 Å². The van der Waals surface area contributed by atoms with Crippen LogP contribution < -0.4 is 0 Å². The lowest BCUT2D eigenvalue weighted by molar-refractivity contribution is 0.991. The van der Waals surface area contributed by atoms with Crippen molar-refractivity contribution in [2.45, 2.75) is 5.54 Å². The summed E-state index contributed by atoms with van der Waals surface area (Å²) in [6, 6.07) is 5.75. The van der Waals surface area contributed by atoms with Gasteiger partial charge in [-0.2, -0.15) is 15.3 Å². The van der Waals surface area contributed by atoms with Gasteiger partial charge in [-0.1, -0.05) is 6.08 Å². The monoisotopic (exact) mass is 267 g/mol. The van der Waals surface area contributed by atoms with E-state index in [1.807, 2.05) is 18.2 Å². The van der Waals surface area contributed by atoms with E-state index in [2.05, 4.69) is 46.9 Å². The van der Waals surface area contributed by atoms with Crippen molar-refractivity contribution in [2.75, 3.05) is 0 Å². The quantitative estimate of drug-likeness (QED) is 0.621. The molecule has 3 aromatic heterocycles. The van der Waals surface area contributed by atoms with E-state index in [1.54, 1.807) is 18.6 Å². The highest BCUT2D eigenvalue weighted by atomic mass is 28.1. The van der Waals surface area contributed by atoms with Gasteiger partial charge in [0.05, 0.1) is 11.4 Å². The summed E-state index contributed by atoms with van der Waals surface area (Å²) in [6.07, 6.45) is 7.23. The zero-order valence-electron chi connectivity index (χ0n) is 9.96. The molecule has 0 aliphatic carbocycles. The molecule has 0 bridgehead atoms. The number of hydrogen-bond donors (Lipinski definition) is 3. The molecule has 93 valence electrons. The highest BCUT2D eigenvalue weighted by Crippen LogP contribution is 2.23. The van der Waals surface area contributed by atoms with Gasteiger partial charge in [-0.25, -0.2) is 0 Å². The summed E-state index contributed by atoms with van der Waals surface area (Å²) in [5, 5.41) is 20.8. The lowest BCUT2D eigenvalue weighted by Crippen LogP contribution is -1.99. The first-order valence-corrected chi connectivity index (χ1v) is 6.34. The average molecular weight is 267 g/mol. The van der Waals surface area contributed by atoms with Crippen LogP contribution in [0, 0.1) is 0 Å². The van der Waals surface area contributed by atoms with E-state index in [4.69, 9.17) is 0 Å². The van der Waals surface area contributed by atoms with Crippen LogP contribution in [0.1, 0.15) is 22.6 Å². The van der Waals surface area contributed by atoms with Gasteiger partial charge in [-0.15, -0.1) is 0 Å². The third kappa shape index (κ3) is 2.41. The van der Waals surface area contributed by atoms with Crippen LogP contribution in [0.15, 0.2) is 42.9 Å². The molecule has 0 aliphatic rings. The first-order valence-electron chi connectivity index (χ1n) is 5.76. The molecule has 0 fully saturated rings. The molecule has 3 heterocycles. The summed E-state index contributed by atoms with van der Waals surface area (Å²) < 4.78 is 0.